The van der Waals surface area contributed by atoms with Gasteiger partial charge in [-0.15, -0.1) is 0 Å². The van der Waals surface area contributed by atoms with E-state index in [1.165, 1.54) is 26.4 Å². The summed E-state index contributed by atoms with van der Waals surface area (Å²) in [5.74, 6) is -0.162. The van der Waals surface area contributed by atoms with E-state index >= 15 is 0 Å². The van der Waals surface area contributed by atoms with Crippen LogP contribution in [-0.4, -0.2) is 43.3 Å². The molecule has 0 aromatic carbocycles. The molecule has 2 atom stereocenters. The molecule has 0 spiro atoms. The first-order chi connectivity index (χ1) is 11.2. The Bertz CT molecular complexity index is 400. The van der Waals surface area contributed by atoms with Crippen LogP contribution in [0.15, 0.2) is 0 Å². The molecule has 140 valence electrons. The summed E-state index contributed by atoms with van der Waals surface area (Å²) in [6.07, 6.45) is 7.04. The zero-order valence-corrected chi connectivity index (χ0v) is 15.6. The molecule has 6 heteroatoms. The summed E-state index contributed by atoms with van der Waals surface area (Å²) in [6, 6.07) is -0.730. The Balaban J connectivity index is 2.41. The second-order valence-corrected chi connectivity index (χ2v) is 7.67. The van der Waals surface area contributed by atoms with Gasteiger partial charge in [0.1, 0.15) is 0 Å². The van der Waals surface area contributed by atoms with E-state index in [0.29, 0.717) is 18.8 Å². The van der Waals surface area contributed by atoms with Gasteiger partial charge in [0.2, 0.25) is 5.91 Å². The number of rotatable bonds is 8. The lowest BCUT2D eigenvalue weighted by molar-refractivity contribution is -0.148. The third-order valence-electron chi connectivity index (χ3n) is 4.46. The normalized spacial score (nSPS) is 18.7. The Kier molecular flexibility index (Phi) is 8.70. The quantitative estimate of drug-likeness (QED) is 0.660. The van der Waals surface area contributed by atoms with Crippen LogP contribution in [0.4, 0.5) is 0 Å². The lowest BCUT2D eigenvalue weighted by Gasteiger charge is -2.27. The minimum absolute atomic E-state index is 0.0541. The Morgan fingerprint density at radius 1 is 1.21 bits per heavy atom. The van der Waals surface area contributed by atoms with E-state index in [4.69, 9.17) is 15.2 Å². The maximum Gasteiger partial charge on any atom is 0.330 e. The van der Waals surface area contributed by atoms with Gasteiger partial charge in [0.15, 0.2) is 6.04 Å². The van der Waals surface area contributed by atoms with Crippen LogP contribution in [-0.2, 0) is 19.1 Å². The molecule has 1 saturated carbocycles. The summed E-state index contributed by atoms with van der Waals surface area (Å²) in [5, 5.41) is 2.70. The Hall–Kier alpha value is -1.14. The number of carbonyl (C=O) groups excluding carboxylic acids is 2. The molecular formula is C18H34N2O4. The van der Waals surface area contributed by atoms with Crippen LogP contribution in [0.2, 0.25) is 0 Å². The maximum absolute atomic E-state index is 12.2. The van der Waals surface area contributed by atoms with Crippen LogP contribution < -0.4 is 11.1 Å². The van der Waals surface area contributed by atoms with Crippen LogP contribution in [0.5, 0.6) is 0 Å². The molecule has 0 aliphatic heterocycles. The van der Waals surface area contributed by atoms with Gasteiger partial charge in [-0.05, 0) is 46.0 Å². The second kappa shape index (κ2) is 9.99. The van der Waals surface area contributed by atoms with Crippen molar-refractivity contribution in [1.82, 2.24) is 5.32 Å². The van der Waals surface area contributed by atoms with Crippen LogP contribution in [0, 0.1) is 5.92 Å². The summed E-state index contributed by atoms with van der Waals surface area (Å²) >= 11 is 0. The highest BCUT2D eigenvalue weighted by atomic mass is 16.5. The van der Waals surface area contributed by atoms with Gasteiger partial charge in [0.25, 0.3) is 0 Å². The number of hydrogen-bond donors (Lipinski definition) is 2. The number of ether oxygens (including phenoxy) is 2. The van der Waals surface area contributed by atoms with Crippen molar-refractivity contribution in [3.05, 3.63) is 0 Å². The summed E-state index contributed by atoms with van der Waals surface area (Å²) in [4.78, 5) is 24.0. The second-order valence-electron chi connectivity index (χ2n) is 7.67. The van der Waals surface area contributed by atoms with E-state index in [9.17, 15) is 9.59 Å². The number of esters is 1. The molecule has 0 radical (unpaired) electrons. The fourth-order valence-electron chi connectivity index (χ4n) is 3.01. The number of nitrogens with two attached hydrogens (primary N) is 1. The maximum atomic E-state index is 12.2. The van der Waals surface area contributed by atoms with Crippen molar-refractivity contribution in [3.8, 4) is 0 Å². The molecule has 3 N–H and O–H groups in total. The molecule has 1 fully saturated rings. The van der Waals surface area contributed by atoms with Crippen LogP contribution in [0.3, 0.4) is 0 Å². The van der Waals surface area contributed by atoms with Gasteiger partial charge < -0.3 is 20.5 Å². The highest BCUT2D eigenvalue weighted by molar-refractivity contribution is 5.84. The first-order valence-electron chi connectivity index (χ1n) is 8.99. The Morgan fingerprint density at radius 2 is 1.83 bits per heavy atom. The zero-order valence-electron chi connectivity index (χ0n) is 15.6. The average molecular weight is 342 g/mol. The van der Waals surface area contributed by atoms with Crippen molar-refractivity contribution in [3.63, 3.8) is 0 Å². The molecule has 0 saturated heterocycles. The summed E-state index contributed by atoms with van der Waals surface area (Å²) in [5.41, 5.74) is 5.84. The molecule has 1 amide bonds. The highest BCUT2D eigenvalue weighted by Crippen LogP contribution is 2.27. The summed E-state index contributed by atoms with van der Waals surface area (Å²) < 4.78 is 10.3. The standard InChI is InChI=1S/C18H34N2O4/c1-18(2,3)24-12-15(17(22)23-4)20-16(21)11-10-14(19)13-8-6-5-7-9-13/h13-15H,5-12,19H2,1-4H3,(H,20,21)/t14-,15?/m1/s1. The van der Waals surface area contributed by atoms with Gasteiger partial charge in [-0.2, -0.15) is 0 Å². The van der Waals surface area contributed by atoms with Crippen LogP contribution >= 0.6 is 0 Å². The first kappa shape index (κ1) is 20.9. The number of nitrogens with one attached hydrogen (secondary N) is 1. The average Bonchev–Trinajstić information content (AvgIpc) is 2.55. The molecule has 24 heavy (non-hydrogen) atoms. The monoisotopic (exact) mass is 342 g/mol. The fraction of sp³-hybridized carbons (Fsp3) is 0.889. The van der Waals surface area contributed by atoms with Crippen molar-refractivity contribution < 1.29 is 19.1 Å². The molecule has 1 unspecified atom stereocenters. The molecule has 1 aliphatic rings. The van der Waals surface area contributed by atoms with Crippen molar-refractivity contribution >= 4 is 11.9 Å². The predicted molar refractivity (Wildman–Crippen MR) is 93.4 cm³/mol. The molecule has 0 aromatic heterocycles. The molecule has 0 aromatic rings. The van der Waals surface area contributed by atoms with Gasteiger partial charge >= 0.3 is 5.97 Å². The smallest absolute Gasteiger partial charge is 0.330 e. The van der Waals surface area contributed by atoms with Crippen molar-refractivity contribution in [2.75, 3.05) is 13.7 Å². The topological polar surface area (TPSA) is 90.6 Å². The number of amides is 1. The SMILES string of the molecule is COC(=O)C(COC(C)(C)C)NC(=O)CC[C@@H](N)C1CCCCC1. The van der Waals surface area contributed by atoms with Crippen molar-refractivity contribution in [1.29, 1.82) is 0 Å². The van der Waals surface area contributed by atoms with Gasteiger partial charge in [-0.1, -0.05) is 19.3 Å². The predicted octanol–water partition coefficient (Wildman–Crippen LogP) is 2.15. The molecule has 1 rings (SSSR count). The summed E-state index contributed by atoms with van der Waals surface area (Å²) in [7, 11) is 1.30. The Labute approximate surface area is 145 Å². The lowest BCUT2D eigenvalue weighted by Crippen LogP contribution is -2.46. The largest absolute Gasteiger partial charge is 0.467 e. The first-order valence-corrected chi connectivity index (χ1v) is 8.99. The number of carbonyl (C=O) groups is 2. The molecule has 0 heterocycles. The summed E-state index contributed by atoms with van der Waals surface area (Å²) in [6.45, 7) is 5.78. The third-order valence-corrected chi connectivity index (χ3v) is 4.46. The van der Waals surface area contributed by atoms with Crippen molar-refractivity contribution in [2.24, 2.45) is 11.7 Å². The molecular weight excluding hydrogens is 308 g/mol. The Morgan fingerprint density at radius 3 is 2.38 bits per heavy atom. The minimum atomic E-state index is -0.785. The van der Waals surface area contributed by atoms with Gasteiger partial charge in [0.05, 0.1) is 19.3 Å². The zero-order chi connectivity index (χ0) is 18.2. The molecule has 0 bridgehead atoms. The molecule has 1 aliphatic carbocycles. The highest BCUT2D eigenvalue weighted by Gasteiger charge is 2.25. The van der Waals surface area contributed by atoms with E-state index in [0.717, 1.165) is 12.8 Å². The van der Waals surface area contributed by atoms with E-state index < -0.39 is 12.0 Å². The van der Waals surface area contributed by atoms with Crippen LogP contribution in [0.25, 0.3) is 0 Å². The minimum Gasteiger partial charge on any atom is -0.467 e. The van der Waals surface area contributed by atoms with Crippen LogP contribution in [0.1, 0.15) is 65.7 Å². The number of methoxy groups -OCH3 is 1. The van der Waals surface area contributed by atoms with E-state index in [-0.39, 0.29) is 24.2 Å². The van der Waals surface area contributed by atoms with E-state index in [1.807, 2.05) is 20.8 Å². The van der Waals surface area contributed by atoms with Gasteiger partial charge in [-0.25, -0.2) is 4.79 Å². The van der Waals surface area contributed by atoms with Gasteiger partial charge in [0, 0.05) is 12.5 Å². The van der Waals surface area contributed by atoms with Gasteiger partial charge in [-0.3, -0.25) is 4.79 Å². The molecule has 6 nitrogen and oxygen atoms in total. The fourth-order valence-corrected chi connectivity index (χ4v) is 3.01. The third kappa shape index (κ3) is 8.11. The number of hydrogen-bond acceptors (Lipinski definition) is 5. The lowest BCUT2D eigenvalue weighted by atomic mass is 9.82. The van der Waals surface area contributed by atoms with E-state index in [1.54, 1.807) is 0 Å². The van der Waals surface area contributed by atoms with Crippen molar-refractivity contribution in [2.45, 2.75) is 83.4 Å². The van der Waals surface area contributed by atoms with E-state index in [2.05, 4.69) is 5.32 Å².